The van der Waals surface area contributed by atoms with E-state index < -0.39 is 12.6 Å². The van der Waals surface area contributed by atoms with Gasteiger partial charge in [0.25, 0.3) is 0 Å². The Balaban J connectivity index is 1.34. The predicted molar refractivity (Wildman–Crippen MR) is 138 cm³/mol. The summed E-state index contributed by atoms with van der Waals surface area (Å²) in [6.07, 6.45) is 4.87. The van der Waals surface area contributed by atoms with Crippen LogP contribution in [-0.2, 0) is 11.2 Å². The normalized spacial score (nSPS) is 14.5. The van der Waals surface area contributed by atoms with Crippen molar-refractivity contribution in [3.05, 3.63) is 101 Å². The molecule has 0 spiro atoms. The number of nitrogens with zero attached hydrogens (tertiary/aromatic N) is 3. The maximum absolute atomic E-state index is 13.4. The number of aliphatic hydroxyl groups excluding tert-OH is 1. The van der Waals surface area contributed by atoms with Gasteiger partial charge in [-0.15, -0.1) is 0 Å². The highest BCUT2D eigenvalue weighted by Gasteiger charge is 2.28. The molecule has 0 saturated heterocycles. The molecule has 3 heterocycles. The van der Waals surface area contributed by atoms with Crippen LogP contribution in [0.25, 0.3) is 39.2 Å². The van der Waals surface area contributed by atoms with Gasteiger partial charge >= 0.3 is 5.97 Å². The standard InChI is InChI=1S/C29H20N4O4/c30-15-21(28-32-23-9-3-4-10-24(23)33-28)25(34)16-37-29(35)26-19-7-1-2-8-22(19)31-27-17(11-12-20(26)27)14-18-6-5-13-36-18/h1-10,13-14,34H,11-12,16H2,(H,32,33). The lowest BCUT2D eigenvalue weighted by atomic mass is 10.0. The highest BCUT2D eigenvalue weighted by atomic mass is 16.5. The number of imidazole rings is 1. The van der Waals surface area contributed by atoms with E-state index in [-0.39, 0.29) is 17.2 Å². The fourth-order valence-corrected chi connectivity index (χ4v) is 4.66. The Labute approximate surface area is 211 Å². The second-order valence-corrected chi connectivity index (χ2v) is 8.63. The Kier molecular flexibility index (Phi) is 5.51. The SMILES string of the molecule is N#CC(=C(O)COC(=O)c1c2c(nc3ccccc13)C(=Cc1ccco1)CC2)c1nc2ccccc2[nH]1. The van der Waals surface area contributed by atoms with E-state index in [1.165, 1.54) is 0 Å². The topological polar surface area (TPSA) is 125 Å². The van der Waals surface area contributed by atoms with Gasteiger partial charge in [-0.2, -0.15) is 5.26 Å². The van der Waals surface area contributed by atoms with Gasteiger partial charge in [0.2, 0.25) is 0 Å². The smallest absolute Gasteiger partial charge is 0.339 e. The zero-order valence-corrected chi connectivity index (χ0v) is 19.6. The van der Waals surface area contributed by atoms with Crippen molar-refractivity contribution in [1.29, 1.82) is 5.26 Å². The number of benzene rings is 2. The van der Waals surface area contributed by atoms with E-state index in [2.05, 4.69) is 9.97 Å². The van der Waals surface area contributed by atoms with Crippen LogP contribution in [-0.4, -0.2) is 32.6 Å². The van der Waals surface area contributed by atoms with E-state index in [9.17, 15) is 15.2 Å². The van der Waals surface area contributed by atoms with Crippen molar-refractivity contribution in [2.45, 2.75) is 12.8 Å². The van der Waals surface area contributed by atoms with E-state index in [1.807, 2.05) is 66.7 Å². The molecule has 0 saturated carbocycles. The Morgan fingerprint density at radius 1 is 1.08 bits per heavy atom. The summed E-state index contributed by atoms with van der Waals surface area (Å²) in [5.41, 5.74) is 4.89. The third-order valence-corrected chi connectivity index (χ3v) is 6.37. The molecule has 3 aromatic heterocycles. The van der Waals surface area contributed by atoms with Crippen molar-refractivity contribution in [2.24, 2.45) is 0 Å². The van der Waals surface area contributed by atoms with Gasteiger partial charge in [0.1, 0.15) is 24.0 Å². The molecule has 8 heteroatoms. The molecule has 1 aliphatic carbocycles. The molecule has 0 radical (unpaired) electrons. The minimum Gasteiger partial charge on any atom is -0.507 e. The summed E-state index contributed by atoms with van der Waals surface area (Å²) in [6, 6.07) is 20.3. The van der Waals surface area contributed by atoms with Crippen LogP contribution in [0.5, 0.6) is 0 Å². The number of esters is 1. The quantitative estimate of drug-likeness (QED) is 0.181. The predicted octanol–water partition coefficient (Wildman–Crippen LogP) is 5.84. The minimum atomic E-state index is -0.595. The van der Waals surface area contributed by atoms with E-state index >= 15 is 0 Å². The number of carbonyl (C=O) groups is 1. The number of rotatable bonds is 5. The first-order valence-electron chi connectivity index (χ1n) is 11.7. The minimum absolute atomic E-state index is 0.0857. The maximum Gasteiger partial charge on any atom is 0.339 e. The summed E-state index contributed by atoms with van der Waals surface area (Å²) >= 11 is 0. The summed E-state index contributed by atoms with van der Waals surface area (Å²) in [5, 5.41) is 21.0. The highest BCUT2D eigenvalue weighted by Crippen LogP contribution is 2.38. The van der Waals surface area contributed by atoms with E-state index in [4.69, 9.17) is 14.1 Å². The number of ether oxygens (including phenoxy) is 1. The summed E-state index contributed by atoms with van der Waals surface area (Å²) in [4.78, 5) is 25.6. The number of fused-ring (bicyclic) bond motifs is 3. The van der Waals surface area contributed by atoms with Crippen LogP contribution < -0.4 is 0 Å². The first kappa shape index (κ1) is 22.3. The molecule has 6 rings (SSSR count). The van der Waals surface area contributed by atoms with Gasteiger partial charge < -0.3 is 19.2 Å². The average molecular weight is 489 g/mol. The van der Waals surface area contributed by atoms with Gasteiger partial charge in [0.15, 0.2) is 11.6 Å². The molecule has 0 bridgehead atoms. The lowest BCUT2D eigenvalue weighted by Gasteiger charge is -2.12. The number of para-hydroxylation sites is 3. The van der Waals surface area contributed by atoms with Crippen molar-refractivity contribution in [2.75, 3.05) is 6.61 Å². The first-order valence-corrected chi connectivity index (χ1v) is 11.7. The molecular weight excluding hydrogens is 468 g/mol. The van der Waals surface area contributed by atoms with E-state index in [0.29, 0.717) is 40.6 Å². The van der Waals surface area contributed by atoms with Gasteiger partial charge in [-0.25, -0.2) is 14.8 Å². The van der Waals surface area contributed by atoms with Gasteiger partial charge in [-0.1, -0.05) is 30.3 Å². The van der Waals surface area contributed by atoms with Gasteiger partial charge in [0.05, 0.1) is 34.1 Å². The zero-order chi connectivity index (χ0) is 25.4. The van der Waals surface area contributed by atoms with Crippen molar-refractivity contribution in [1.82, 2.24) is 15.0 Å². The number of aliphatic hydroxyl groups is 1. The number of aromatic amines is 1. The molecule has 0 fully saturated rings. The van der Waals surface area contributed by atoms with Gasteiger partial charge in [-0.05, 0) is 60.4 Å². The van der Waals surface area contributed by atoms with Crippen LogP contribution in [0.4, 0.5) is 0 Å². The van der Waals surface area contributed by atoms with E-state index in [0.717, 1.165) is 22.3 Å². The third kappa shape index (κ3) is 4.02. The molecule has 8 nitrogen and oxygen atoms in total. The first-order chi connectivity index (χ1) is 18.1. The molecule has 0 amide bonds. The number of nitriles is 1. The number of allylic oxidation sites excluding steroid dienone is 2. The number of hydrogen-bond acceptors (Lipinski definition) is 7. The summed E-state index contributed by atoms with van der Waals surface area (Å²) in [6.45, 7) is -0.473. The molecular formula is C29H20N4O4. The van der Waals surface area contributed by atoms with Crippen molar-refractivity contribution >= 4 is 45.1 Å². The molecule has 5 aromatic rings. The Bertz CT molecular complexity index is 1740. The molecule has 0 unspecified atom stereocenters. The van der Waals surface area contributed by atoms with Crippen LogP contribution in [0, 0.1) is 11.3 Å². The third-order valence-electron chi connectivity index (χ3n) is 6.37. The van der Waals surface area contributed by atoms with Crippen LogP contribution in [0.2, 0.25) is 0 Å². The number of carbonyl (C=O) groups excluding carboxylic acids is 1. The number of pyridine rings is 1. The van der Waals surface area contributed by atoms with Crippen molar-refractivity contribution < 1.29 is 19.1 Å². The maximum atomic E-state index is 13.4. The number of nitrogens with one attached hydrogen (secondary N) is 1. The molecule has 2 aromatic carbocycles. The fourth-order valence-electron chi connectivity index (χ4n) is 4.66. The van der Waals surface area contributed by atoms with Gasteiger partial charge in [-0.3, -0.25) is 0 Å². The van der Waals surface area contributed by atoms with E-state index in [1.54, 1.807) is 12.3 Å². The Morgan fingerprint density at radius 2 is 1.89 bits per heavy atom. The van der Waals surface area contributed by atoms with Crippen LogP contribution >= 0.6 is 0 Å². The fraction of sp³-hybridized carbons (Fsp3) is 0.103. The van der Waals surface area contributed by atoms with Crippen LogP contribution in [0.15, 0.2) is 77.1 Å². The number of furan rings is 1. The lowest BCUT2D eigenvalue weighted by molar-refractivity contribution is 0.0504. The highest BCUT2D eigenvalue weighted by molar-refractivity contribution is 6.07. The monoisotopic (exact) mass is 488 g/mol. The molecule has 0 atom stereocenters. The van der Waals surface area contributed by atoms with Crippen LogP contribution in [0.3, 0.4) is 0 Å². The second kappa shape index (κ2) is 9.13. The zero-order valence-electron chi connectivity index (χ0n) is 19.6. The molecule has 180 valence electrons. The summed E-state index contributed by atoms with van der Waals surface area (Å²) in [5.74, 6) is -0.0577. The molecule has 0 aliphatic heterocycles. The summed E-state index contributed by atoms with van der Waals surface area (Å²) < 4.78 is 11.0. The Morgan fingerprint density at radius 3 is 2.68 bits per heavy atom. The Hall–Kier alpha value is -5.16. The number of aromatic nitrogens is 3. The van der Waals surface area contributed by atoms with Crippen LogP contribution in [0.1, 0.15) is 39.6 Å². The number of H-pyrrole nitrogens is 1. The number of hydrogen-bond donors (Lipinski definition) is 2. The molecule has 2 N–H and O–H groups in total. The summed E-state index contributed by atoms with van der Waals surface area (Å²) in [7, 11) is 0. The lowest BCUT2D eigenvalue weighted by Crippen LogP contribution is -2.13. The van der Waals surface area contributed by atoms with Gasteiger partial charge in [0, 0.05) is 5.39 Å². The second-order valence-electron chi connectivity index (χ2n) is 8.63. The average Bonchev–Trinajstić information content (AvgIpc) is 3.67. The molecule has 1 aliphatic rings. The van der Waals surface area contributed by atoms with Crippen molar-refractivity contribution in [3.63, 3.8) is 0 Å². The van der Waals surface area contributed by atoms with Crippen molar-refractivity contribution in [3.8, 4) is 6.07 Å². The largest absolute Gasteiger partial charge is 0.507 e. The molecule has 37 heavy (non-hydrogen) atoms.